The van der Waals surface area contributed by atoms with Gasteiger partial charge in [0.05, 0.1) is 11.0 Å². The third kappa shape index (κ3) is 4.27. The largest absolute Gasteiger partial charge is 0.366 e. The van der Waals surface area contributed by atoms with Gasteiger partial charge in [-0.15, -0.1) is 0 Å². The molecule has 8 heteroatoms. The summed E-state index contributed by atoms with van der Waals surface area (Å²) in [7, 11) is 0. The van der Waals surface area contributed by atoms with Gasteiger partial charge < -0.3 is 10.2 Å². The highest BCUT2D eigenvalue weighted by Gasteiger charge is 2.29. The molecule has 1 heterocycles. The predicted octanol–water partition coefficient (Wildman–Crippen LogP) is 3.97. The van der Waals surface area contributed by atoms with Gasteiger partial charge in [-0.2, -0.15) is 0 Å². The first kappa shape index (κ1) is 19.7. The minimum absolute atomic E-state index is 0.0470. The van der Waals surface area contributed by atoms with Gasteiger partial charge in [0.25, 0.3) is 5.69 Å². The summed E-state index contributed by atoms with van der Waals surface area (Å²) in [6, 6.07) is 9.24. The maximum Gasteiger partial charge on any atom is 0.292 e. The molecule has 0 aliphatic carbocycles. The maximum atomic E-state index is 13.9. The van der Waals surface area contributed by atoms with Gasteiger partial charge >= 0.3 is 0 Å². The molecule has 1 aliphatic rings. The monoisotopic (exact) mass is 389 g/mol. The molecular formula is C20H21F2N3O3. The number of carbonyl (C=O) groups excluding carboxylic acids is 1. The number of amides is 1. The summed E-state index contributed by atoms with van der Waals surface area (Å²) in [4.78, 5) is 25.2. The van der Waals surface area contributed by atoms with Crippen molar-refractivity contribution in [2.75, 3.05) is 18.0 Å². The average Bonchev–Trinajstić information content (AvgIpc) is 2.68. The number of hydrogen-bond acceptors (Lipinski definition) is 4. The number of piperidine rings is 1. The summed E-state index contributed by atoms with van der Waals surface area (Å²) in [6.45, 7) is 2.68. The van der Waals surface area contributed by atoms with E-state index >= 15 is 0 Å². The van der Waals surface area contributed by atoms with Crippen LogP contribution in [-0.2, 0) is 4.79 Å². The molecule has 3 rings (SSSR count). The van der Waals surface area contributed by atoms with Gasteiger partial charge in [0.1, 0.15) is 17.3 Å². The van der Waals surface area contributed by atoms with Crippen molar-refractivity contribution < 1.29 is 18.5 Å². The molecule has 1 N–H and O–H groups in total. The zero-order chi connectivity index (χ0) is 20.3. The van der Waals surface area contributed by atoms with Crippen molar-refractivity contribution in [2.45, 2.75) is 25.8 Å². The van der Waals surface area contributed by atoms with E-state index in [2.05, 4.69) is 5.32 Å². The van der Waals surface area contributed by atoms with Crippen LogP contribution >= 0.6 is 0 Å². The number of halogens is 2. The van der Waals surface area contributed by atoms with Crippen LogP contribution in [0.5, 0.6) is 0 Å². The molecule has 0 bridgehead atoms. The van der Waals surface area contributed by atoms with Crippen LogP contribution in [0.4, 0.5) is 20.2 Å². The number of rotatable bonds is 5. The van der Waals surface area contributed by atoms with E-state index < -0.39 is 22.6 Å². The molecule has 0 aromatic heterocycles. The molecule has 0 radical (unpaired) electrons. The normalized spacial score (nSPS) is 15.9. The molecule has 1 amide bonds. The molecule has 1 aliphatic heterocycles. The highest BCUT2D eigenvalue weighted by Crippen LogP contribution is 2.31. The number of nitro groups is 1. The second-order valence-electron chi connectivity index (χ2n) is 6.90. The van der Waals surface area contributed by atoms with E-state index in [1.807, 2.05) is 4.90 Å². The van der Waals surface area contributed by atoms with E-state index in [9.17, 15) is 23.7 Å². The first-order valence-electron chi connectivity index (χ1n) is 9.10. The lowest BCUT2D eigenvalue weighted by atomic mass is 9.94. The Morgan fingerprint density at radius 1 is 1.21 bits per heavy atom. The Labute approximate surface area is 161 Å². The van der Waals surface area contributed by atoms with Crippen LogP contribution in [0.3, 0.4) is 0 Å². The number of hydrogen-bond donors (Lipinski definition) is 1. The van der Waals surface area contributed by atoms with E-state index in [1.165, 1.54) is 12.1 Å². The van der Waals surface area contributed by atoms with Crippen LogP contribution in [0.25, 0.3) is 0 Å². The minimum atomic E-state index is -0.695. The van der Waals surface area contributed by atoms with Crippen LogP contribution in [0.2, 0.25) is 0 Å². The standard InChI is InChI=1S/C20H21F2N3O3/c1-13(16-7-6-15(21)12-17(16)22)23-20(26)14-8-10-24(11-9-14)18-4-2-3-5-19(18)25(27)28/h2-7,12-14H,8-11H2,1H3,(H,23,26)/t13-/m0/s1. The number of anilines is 1. The van der Waals surface area contributed by atoms with Gasteiger partial charge in [-0.3, -0.25) is 14.9 Å². The Hall–Kier alpha value is -3.03. The zero-order valence-electron chi connectivity index (χ0n) is 15.4. The summed E-state index contributed by atoms with van der Waals surface area (Å²) < 4.78 is 26.9. The highest BCUT2D eigenvalue weighted by atomic mass is 19.1. The summed E-state index contributed by atoms with van der Waals surface area (Å²) >= 11 is 0. The summed E-state index contributed by atoms with van der Waals surface area (Å²) in [5, 5.41) is 14.0. The molecule has 148 valence electrons. The molecular weight excluding hydrogens is 368 g/mol. The Kier molecular flexibility index (Phi) is 5.87. The van der Waals surface area contributed by atoms with Crippen molar-refractivity contribution >= 4 is 17.3 Å². The first-order chi connectivity index (χ1) is 13.4. The number of carbonyl (C=O) groups is 1. The first-order valence-corrected chi connectivity index (χ1v) is 9.10. The summed E-state index contributed by atoms with van der Waals surface area (Å²) in [6.07, 6.45) is 1.08. The van der Waals surface area contributed by atoms with E-state index in [-0.39, 0.29) is 23.1 Å². The Balaban J connectivity index is 1.60. The van der Waals surface area contributed by atoms with Crippen LogP contribution in [0.15, 0.2) is 42.5 Å². The van der Waals surface area contributed by atoms with Crippen LogP contribution in [-0.4, -0.2) is 23.9 Å². The van der Waals surface area contributed by atoms with Crippen molar-refractivity contribution in [3.05, 3.63) is 69.8 Å². The summed E-state index contributed by atoms with van der Waals surface area (Å²) in [5.41, 5.74) is 0.825. The average molecular weight is 389 g/mol. The molecule has 1 fully saturated rings. The number of nitro benzene ring substituents is 1. The van der Waals surface area contributed by atoms with Crippen molar-refractivity contribution in [3.8, 4) is 0 Å². The van der Waals surface area contributed by atoms with Gasteiger partial charge in [0.15, 0.2) is 0 Å². The molecule has 0 unspecified atom stereocenters. The molecule has 28 heavy (non-hydrogen) atoms. The zero-order valence-corrected chi connectivity index (χ0v) is 15.4. The lowest BCUT2D eigenvalue weighted by Gasteiger charge is -2.33. The van der Waals surface area contributed by atoms with Crippen molar-refractivity contribution in [2.24, 2.45) is 5.92 Å². The SMILES string of the molecule is C[C@H](NC(=O)C1CCN(c2ccccc2[N+](=O)[O-])CC1)c1ccc(F)cc1F. The second-order valence-corrected chi connectivity index (χ2v) is 6.90. The van der Waals surface area contributed by atoms with Gasteiger partial charge in [0, 0.05) is 36.7 Å². The lowest BCUT2D eigenvalue weighted by molar-refractivity contribution is -0.384. The van der Waals surface area contributed by atoms with Crippen LogP contribution in [0, 0.1) is 27.7 Å². The fraction of sp³-hybridized carbons (Fsp3) is 0.350. The Morgan fingerprint density at radius 2 is 1.89 bits per heavy atom. The lowest BCUT2D eigenvalue weighted by Crippen LogP contribution is -2.41. The number of benzene rings is 2. The van der Waals surface area contributed by atoms with Crippen molar-refractivity contribution in [1.82, 2.24) is 5.32 Å². The van der Waals surface area contributed by atoms with Crippen LogP contribution < -0.4 is 10.2 Å². The molecule has 0 saturated carbocycles. The maximum absolute atomic E-state index is 13.9. The van der Waals surface area contributed by atoms with Gasteiger partial charge in [0.2, 0.25) is 5.91 Å². The topological polar surface area (TPSA) is 75.5 Å². The highest BCUT2D eigenvalue weighted by molar-refractivity contribution is 5.79. The van der Waals surface area contributed by atoms with Crippen molar-refractivity contribution in [1.29, 1.82) is 0 Å². The Bertz CT molecular complexity index is 883. The summed E-state index contributed by atoms with van der Waals surface area (Å²) in [5.74, 6) is -1.82. The fourth-order valence-corrected chi connectivity index (χ4v) is 3.53. The van der Waals surface area contributed by atoms with Gasteiger partial charge in [-0.25, -0.2) is 8.78 Å². The third-order valence-electron chi connectivity index (χ3n) is 5.07. The fourth-order valence-electron chi connectivity index (χ4n) is 3.53. The van der Waals surface area contributed by atoms with E-state index in [1.54, 1.807) is 25.1 Å². The van der Waals surface area contributed by atoms with E-state index in [4.69, 9.17) is 0 Å². The molecule has 0 spiro atoms. The number of nitrogens with zero attached hydrogens (tertiary/aromatic N) is 2. The molecule has 6 nitrogen and oxygen atoms in total. The van der Waals surface area contributed by atoms with E-state index in [0.717, 1.165) is 12.1 Å². The third-order valence-corrected chi connectivity index (χ3v) is 5.07. The van der Waals surface area contributed by atoms with Crippen molar-refractivity contribution in [3.63, 3.8) is 0 Å². The minimum Gasteiger partial charge on any atom is -0.366 e. The van der Waals surface area contributed by atoms with Gasteiger partial charge in [-0.05, 0) is 31.9 Å². The van der Waals surface area contributed by atoms with Crippen LogP contribution in [0.1, 0.15) is 31.4 Å². The molecule has 2 aromatic rings. The smallest absolute Gasteiger partial charge is 0.292 e. The molecule has 1 atom stereocenters. The van der Waals surface area contributed by atoms with Gasteiger partial charge in [-0.1, -0.05) is 18.2 Å². The Morgan fingerprint density at radius 3 is 2.54 bits per heavy atom. The molecule has 1 saturated heterocycles. The number of nitrogens with one attached hydrogen (secondary N) is 1. The second kappa shape index (κ2) is 8.33. The quantitative estimate of drug-likeness (QED) is 0.620. The van der Waals surface area contributed by atoms with E-state index in [0.29, 0.717) is 31.6 Å². The number of para-hydroxylation sites is 2. The molecule has 2 aromatic carbocycles. The predicted molar refractivity (Wildman–Crippen MR) is 101 cm³/mol.